The second kappa shape index (κ2) is 7.08. The number of carbonyl (C=O) groups is 1. The molecule has 0 saturated carbocycles. The van der Waals surface area contributed by atoms with Gasteiger partial charge in [-0.15, -0.1) is 0 Å². The maximum absolute atomic E-state index is 11.2. The third kappa shape index (κ3) is 5.05. The Morgan fingerprint density at radius 2 is 2.38 bits per heavy atom. The summed E-state index contributed by atoms with van der Waals surface area (Å²) in [7, 11) is 0. The molecule has 0 spiro atoms. The summed E-state index contributed by atoms with van der Waals surface area (Å²) in [6, 6.07) is 0. The number of ketones is 1. The van der Waals surface area contributed by atoms with E-state index in [1.54, 1.807) is 6.92 Å². The number of rotatable bonds is 6. The summed E-state index contributed by atoms with van der Waals surface area (Å²) in [6.45, 7) is 5.70. The molecule has 0 aliphatic rings. The first-order valence-corrected chi connectivity index (χ1v) is 4.74. The Bertz CT molecular complexity index is 231. The second-order valence-corrected chi connectivity index (χ2v) is 2.78. The first kappa shape index (κ1) is 12.6. The van der Waals surface area contributed by atoms with Crippen LogP contribution in [0, 0.1) is 0 Å². The van der Waals surface area contributed by atoms with Gasteiger partial charge in [-0.05, 0) is 6.92 Å². The third-order valence-corrected chi connectivity index (χ3v) is 1.86. The Kier molecular flexibility index (Phi) is 6.89. The molecule has 0 rings (SSSR count). The smallest absolute Gasteiger partial charge is 0.190 e. The molecule has 0 bridgehead atoms. The topological polar surface area (TPSA) is 64.7 Å². The number of hydrogen-bond acceptors (Lipinski definition) is 5. The maximum atomic E-state index is 11.2. The highest BCUT2D eigenvalue weighted by molar-refractivity contribution is 7.96. The molecule has 0 aromatic carbocycles. The van der Waals surface area contributed by atoms with Gasteiger partial charge in [-0.3, -0.25) is 9.93 Å². The minimum absolute atomic E-state index is 0.0113. The van der Waals surface area contributed by atoms with Crippen LogP contribution in [0.25, 0.3) is 0 Å². The predicted octanol–water partition coefficient (Wildman–Crippen LogP) is 1.31. The van der Waals surface area contributed by atoms with Gasteiger partial charge in [-0.1, -0.05) is 18.2 Å². The molecule has 0 atom stereocenters. The molecule has 0 radical (unpaired) electrons. The average molecular weight is 223 g/mol. The number of carbonyl (C=O) groups excluding carboxylic acids is 1. The lowest BCUT2D eigenvalue weighted by molar-refractivity contribution is -0.119. The molecule has 0 aromatic heterocycles. The monoisotopic (exact) mass is 222 g/mol. The Balaban J connectivity index is 4.10. The SMILES string of the molecule is C=C(C(=O)COCC)/C(Cl)=N\SN. The van der Waals surface area contributed by atoms with Crippen LogP contribution in [0.2, 0.25) is 0 Å². The standard InChI is InChI=1S/C7H11ClN2O2S/c1-3-12-4-6(11)5(2)7(8)10-13-9/h2-4,9H2,1H3/b10-7+. The Labute approximate surface area is 86.4 Å². The highest BCUT2D eigenvalue weighted by Crippen LogP contribution is 2.05. The fourth-order valence-corrected chi connectivity index (χ4v) is 0.926. The summed E-state index contributed by atoms with van der Waals surface area (Å²) in [5, 5.41) is 5.04. The van der Waals surface area contributed by atoms with Crippen LogP contribution in [0.4, 0.5) is 0 Å². The quantitative estimate of drug-likeness (QED) is 0.418. The van der Waals surface area contributed by atoms with Gasteiger partial charge in [0, 0.05) is 6.61 Å². The van der Waals surface area contributed by atoms with Crippen molar-refractivity contribution in [2.24, 2.45) is 9.54 Å². The zero-order valence-electron chi connectivity index (χ0n) is 7.25. The van der Waals surface area contributed by atoms with Crippen LogP contribution >= 0.6 is 23.7 Å². The van der Waals surface area contributed by atoms with Crippen molar-refractivity contribution in [1.82, 2.24) is 0 Å². The van der Waals surface area contributed by atoms with Gasteiger partial charge in [-0.2, -0.15) is 4.40 Å². The van der Waals surface area contributed by atoms with Crippen LogP contribution in [-0.2, 0) is 9.53 Å². The minimum atomic E-state index is -0.287. The Morgan fingerprint density at radius 3 is 2.85 bits per heavy atom. The fourth-order valence-electron chi connectivity index (χ4n) is 0.498. The molecule has 4 nitrogen and oxygen atoms in total. The molecule has 0 aliphatic heterocycles. The van der Waals surface area contributed by atoms with Crippen molar-refractivity contribution in [2.75, 3.05) is 13.2 Å². The van der Waals surface area contributed by atoms with E-state index in [2.05, 4.69) is 11.0 Å². The number of Topliss-reactive ketones (excluding diaryl/α,β-unsaturated/α-hetero) is 1. The Hall–Kier alpha value is -0.360. The third-order valence-electron chi connectivity index (χ3n) is 1.16. The molecule has 0 amide bonds. The van der Waals surface area contributed by atoms with Gasteiger partial charge in [0.25, 0.3) is 0 Å². The van der Waals surface area contributed by atoms with E-state index in [9.17, 15) is 4.79 Å². The summed E-state index contributed by atoms with van der Waals surface area (Å²) < 4.78 is 8.44. The summed E-state index contributed by atoms with van der Waals surface area (Å²) >= 11 is 6.26. The van der Waals surface area contributed by atoms with Gasteiger partial charge in [0.1, 0.15) is 11.8 Å². The van der Waals surface area contributed by atoms with E-state index >= 15 is 0 Å². The van der Waals surface area contributed by atoms with Crippen LogP contribution in [0.3, 0.4) is 0 Å². The van der Waals surface area contributed by atoms with E-state index < -0.39 is 0 Å². The molecule has 0 saturated heterocycles. The van der Waals surface area contributed by atoms with Gasteiger partial charge < -0.3 is 4.74 Å². The van der Waals surface area contributed by atoms with Crippen LogP contribution in [-0.4, -0.2) is 24.2 Å². The normalized spacial score (nSPS) is 11.5. The number of nitrogens with zero attached hydrogens (tertiary/aromatic N) is 1. The highest BCUT2D eigenvalue weighted by Gasteiger charge is 2.11. The largest absolute Gasteiger partial charge is 0.374 e. The second-order valence-electron chi connectivity index (χ2n) is 2.03. The molecule has 0 heterocycles. The number of nitrogens with two attached hydrogens (primary N) is 1. The molecule has 0 fully saturated rings. The zero-order chi connectivity index (χ0) is 10.3. The lowest BCUT2D eigenvalue weighted by Crippen LogP contribution is -2.14. The molecule has 13 heavy (non-hydrogen) atoms. The van der Waals surface area contributed by atoms with Gasteiger partial charge in [-0.25, -0.2) is 0 Å². The van der Waals surface area contributed by atoms with Crippen LogP contribution in [0.1, 0.15) is 6.92 Å². The zero-order valence-corrected chi connectivity index (χ0v) is 8.82. The summed E-state index contributed by atoms with van der Waals surface area (Å²) in [4.78, 5) is 11.2. The van der Waals surface area contributed by atoms with Gasteiger partial charge in [0.15, 0.2) is 5.78 Å². The fraction of sp³-hybridized carbons (Fsp3) is 0.429. The first-order chi connectivity index (χ1) is 6.13. The summed E-state index contributed by atoms with van der Waals surface area (Å²) in [5.41, 5.74) is 0.119. The van der Waals surface area contributed by atoms with E-state index in [1.807, 2.05) is 0 Å². The van der Waals surface area contributed by atoms with Gasteiger partial charge >= 0.3 is 0 Å². The minimum Gasteiger partial charge on any atom is -0.374 e. The van der Waals surface area contributed by atoms with Crippen LogP contribution in [0.5, 0.6) is 0 Å². The molecular weight excluding hydrogens is 212 g/mol. The summed E-state index contributed by atoms with van der Waals surface area (Å²) in [6.07, 6.45) is 0. The number of halogens is 1. The lowest BCUT2D eigenvalue weighted by atomic mass is 10.2. The van der Waals surface area contributed by atoms with Crippen molar-refractivity contribution < 1.29 is 9.53 Å². The average Bonchev–Trinajstić information content (AvgIpc) is 2.13. The van der Waals surface area contributed by atoms with Crippen LogP contribution in [0.15, 0.2) is 16.5 Å². The maximum Gasteiger partial charge on any atom is 0.190 e. The molecular formula is C7H11ClN2O2S. The van der Waals surface area contributed by atoms with Crippen molar-refractivity contribution >= 4 is 34.7 Å². The molecule has 6 heteroatoms. The van der Waals surface area contributed by atoms with Crippen molar-refractivity contribution in [3.05, 3.63) is 12.2 Å². The molecule has 0 aromatic rings. The summed E-state index contributed by atoms with van der Waals surface area (Å²) in [5.74, 6) is -0.287. The first-order valence-electron chi connectivity index (χ1n) is 3.53. The van der Waals surface area contributed by atoms with E-state index in [4.69, 9.17) is 21.5 Å². The van der Waals surface area contributed by atoms with Gasteiger partial charge in [0.2, 0.25) is 0 Å². The van der Waals surface area contributed by atoms with Crippen molar-refractivity contribution in [3.63, 3.8) is 0 Å². The number of ether oxygens (including phenoxy) is 1. The van der Waals surface area contributed by atoms with Crippen LogP contribution < -0.4 is 5.14 Å². The lowest BCUT2D eigenvalue weighted by Gasteiger charge is -2.01. The number of hydrogen-bond donors (Lipinski definition) is 1. The Morgan fingerprint density at radius 1 is 1.77 bits per heavy atom. The molecule has 0 aliphatic carbocycles. The predicted molar refractivity (Wildman–Crippen MR) is 55.7 cm³/mol. The molecule has 2 N–H and O–H groups in total. The molecule has 74 valence electrons. The van der Waals surface area contributed by atoms with E-state index in [-0.39, 0.29) is 23.1 Å². The van der Waals surface area contributed by atoms with Crippen molar-refractivity contribution in [2.45, 2.75) is 6.92 Å². The highest BCUT2D eigenvalue weighted by atomic mass is 35.5. The van der Waals surface area contributed by atoms with Gasteiger partial charge in [0.05, 0.1) is 17.7 Å². The van der Waals surface area contributed by atoms with E-state index in [1.165, 1.54) is 0 Å². The van der Waals surface area contributed by atoms with E-state index in [0.717, 1.165) is 0 Å². The van der Waals surface area contributed by atoms with Crippen molar-refractivity contribution in [1.29, 1.82) is 0 Å². The van der Waals surface area contributed by atoms with E-state index in [0.29, 0.717) is 18.7 Å². The molecule has 0 unspecified atom stereocenters. The van der Waals surface area contributed by atoms with Crippen molar-refractivity contribution in [3.8, 4) is 0 Å².